The van der Waals surface area contributed by atoms with Gasteiger partial charge in [0.15, 0.2) is 0 Å². The molecule has 0 radical (unpaired) electrons. The summed E-state index contributed by atoms with van der Waals surface area (Å²) in [6.45, 7) is 0. The summed E-state index contributed by atoms with van der Waals surface area (Å²) >= 11 is -2.14. The van der Waals surface area contributed by atoms with Gasteiger partial charge in [0.25, 0.3) is 0 Å². The van der Waals surface area contributed by atoms with Crippen LogP contribution < -0.4 is 0 Å². The Hall–Kier alpha value is -0.610. The second-order valence-electron chi connectivity index (χ2n) is 1.19. The molecule has 3 nitrogen and oxygen atoms in total. The van der Waals surface area contributed by atoms with Crippen molar-refractivity contribution in [3.63, 3.8) is 0 Å². The van der Waals surface area contributed by atoms with E-state index >= 15 is 0 Å². The molecule has 0 spiro atoms. The molecular weight excluding hydrogens is 128 g/mol. The predicted molar refractivity (Wildman–Crippen MR) is 25.9 cm³/mol. The van der Waals surface area contributed by atoms with Crippen LogP contribution in [0.1, 0.15) is 0 Å². The monoisotopic (exact) mass is 131 g/mol. The fourth-order valence-corrected chi connectivity index (χ4v) is 0.648. The lowest BCUT2D eigenvalue weighted by molar-refractivity contribution is 0.529. The standard InChI is InChI=1S/C4H4O3S/c5-8(6)4-1-2-7-3-4/h1-3H,(H,5,6)/p-1. The van der Waals surface area contributed by atoms with E-state index < -0.39 is 11.1 Å². The highest BCUT2D eigenvalue weighted by Gasteiger charge is 1.88. The van der Waals surface area contributed by atoms with Gasteiger partial charge in [-0.25, -0.2) is 0 Å². The highest BCUT2D eigenvalue weighted by molar-refractivity contribution is 7.79. The van der Waals surface area contributed by atoms with Crippen LogP contribution in [-0.2, 0) is 11.1 Å². The van der Waals surface area contributed by atoms with Crippen molar-refractivity contribution >= 4 is 11.1 Å². The smallest absolute Gasteiger partial charge is 0.105 e. The number of hydrogen-bond donors (Lipinski definition) is 0. The van der Waals surface area contributed by atoms with Crippen LogP contribution in [0.15, 0.2) is 27.9 Å². The summed E-state index contributed by atoms with van der Waals surface area (Å²) in [7, 11) is 0. The maximum Gasteiger partial charge on any atom is 0.105 e. The summed E-state index contributed by atoms with van der Waals surface area (Å²) in [6.07, 6.45) is 2.48. The molecule has 0 saturated carbocycles. The quantitative estimate of drug-likeness (QED) is 0.522. The Labute approximate surface area is 48.6 Å². The van der Waals surface area contributed by atoms with Crippen LogP contribution in [0.2, 0.25) is 0 Å². The first kappa shape index (κ1) is 5.53. The van der Waals surface area contributed by atoms with Crippen LogP contribution in [-0.4, -0.2) is 8.76 Å². The average Bonchev–Trinajstić information content (AvgIpc) is 2.12. The summed E-state index contributed by atoms with van der Waals surface area (Å²) in [4.78, 5) is 0.185. The largest absolute Gasteiger partial charge is 0.768 e. The van der Waals surface area contributed by atoms with Gasteiger partial charge < -0.3 is 8.97 Å². The van der Waals surface area contributed by atoms with E-state index in [1.165, 1.54) is 18.6 Å². The van der Waals surface area contributed by atoms with E-state index in [2.05, 4.69) is 4.42 Å². The second-order valence-corrected chi connectivity index (χ2v) is 2.13. The molecular formula is C4H3O3S-. The zero-order valence-electron chi connectivity index (χ0n) is 3.87. The van der Waals surface area contributed by atoms with Crippen LogP contribution in [0.4, 0.5) is 0 Å². The molecule has 0 saturated heterocycles. The molecule has 8 heavy (non-hydrogen) atoms. The predicted octanol–water partition coefficient (Wildman–Crippen LogP) is 0.518. The van der Waals surface area contributed by atoms with Crippen LogP contribution >= 0.6 is 0 Å². The molecule has 1 atom stereocenters. The van der Waals surface area contributed by atoms with E-state index in [-0.39, 0.29) is 4.90 Å². The minimum absolute atomic E-state index is 0.185. The topological polar surface area (TPSA) is 53.3 Å². The number of rotatable bonds is 1. The van der Waals surface area contributed by atoms with Gasteiger partial charge in [-0.05, 0) is 17.1 Å². The molecule has 1 aromatic rings. The van der Waals surface area contributed by atoms with Gasteiger partial charge in [0.2, 0.25) is 0 Å². The van der Waals surface area contributed by atoms with E-state index in [1.54, 1.807) is 0 Å². The molecule has 4 heteroatoms. The van der Waals surface area contributed by atoms with Crippen LogP contribution in [0, 0.1) is 0 Å². The summed E-state index contributed by atoms with van der Waals surface area (Å²) < 4.78 is 24.5. The minimum atomic E-state index is -2.14. The number of hydrogen-bond acceptors (Lipinski definition) is 3. The lowest BCUT2D eigenvalue weighted by atomic mass is 10.7. The maximum absolute atomic E-state index is 10.0. The average molecular weight is 131 g/mol. The molecule has 1 rings (SSSR count). The highest BCUT2D eigenvalue weighted by Crippen LogP contribution is 2.02. The summed E-state index contributed by atoms with van der Waals surface area (Å²) in [6, 6.07) is 1.38. The summed E-state index contributed by atoms with van der Waals surface area (Å²) in [5.74, 6) is 0. The van der Waals surface area contributed by atoms with Gasteiger partial charge in [0.05, 0.1) is 11.2 Å². The molecule has 0 aliphatic carbocycles. The molecule has 1 heterocycles. The van der Waals surface area contributed by atoms with Crippen molar-refractivity contribution in [2.75, 3.05) is 0 Å². The lowest BCUT2D eigenvalue weighted by Crippen LogP contribution is -1.82. The molecule has 0 fully saturated rings. The first-order chi connectivity index (χ1) is 3.80. The molecule has 1 aromatic heterocycles. The Kier molecular flexibility index (Phi) is 1.45. The van der Waals surface area contributed by atoms with Gasteiger partial charge in [-0.2, -0.15) is 0 Å². The van der Waals surface area contributed by atoms with Gasteiger partial charge in [-0.15, -0.1) is 0 Å². The highest BCUT2D eigenvalue weighted by atomic mass is 32.2. The van der Waals surface area contributed by atoms with E-state index in [1.807, 2.05) is 0 Å². The maximum atomic E-state index is 10.0. The molecule has 0 aliphatic heterocycles. The molecule has 0 N–H and O–H groups in total. The molecule has 0 aromatic carbocycles. The normalized spacial score (nSPS) is 13.6. The first-order valence-corrected chi connectivity index (χ1v) is 2.99. The van der Waals surface area contributed by atoms with Crippen molar-refractivity contribution in [3.05, 3.63) is 18.6 Å². The molecule has 0 aliphatic rings. The van der Waals surface area contributed by atoms with Crippen molar-refractivity contribution in [1.82, 2.24) is 0 Å². The van der Waals surface area contributed by atoms with Crippen molar-refractivity contribution < 1.29 is 13.2 Å². The second kappa shape index (κ2) is 2.11. The first-order valence-electron chi connectivity index (χ1n) is 1.92. The van der Waals surface area contributed by atoms with Gasteiger partial charge in [0.1, 0.15) is 6.26 Å². The Morgan fingerprint density at radius 1 is 1.75 bits per heavy atom. The Morgan fingerprint density at radius 3 is 2.75 bits per heavy atom. The van der Waals surface area contributed by atoms with Crippen molar-refractivity contribution in [1.29, 1.82) is 0 Å². The summed E-state index contributed by atoms with van der Waals surface area (Å²) in [5, 5.41) is 0. The van der Waals surface area contributed by atoms with Crippen LogP contribution in [0.25, 0.3) is 0 Å². The Morgan fingerprint density at radius 2 is 2.50 bits per heavy atom. The van der Waals surface area contributed by atoms with E-state index in [9.17, 15) is 8.76 Å². The van der Waals surface area contributed by atoms with Gasteiger partial charge in [-0.1, -0.05) is 0 Å². The molecule has 0 amide bonds. The van der Waals surface area contributed by atoms with Gasteiger partial charge in [-0.3, -0.25) is 4.21 Å². The van der Waals surface area contributed by atoms with Crippen molar-refractivity contribution in [2.24, 2.45) is 0 Å². The molecule has 1 unspecified atom stereocenters. The third-order valence-electron chi connectivity index (χ3n) is 0.688. The van der Waals surface area contributed by atoms with Gasteiger partial charge in [0, 0.05) is 0 Å². The zero-order valence-corrected chi connectivity index (χ0v) is 4.68. The summed E-state index contributed by atoms with van der Waals surface area (Å²) in [5.41, 5.74) is 0. The minimum Gasteiger partial charge on any atom is -0.768 e. The van der Waals surface area contributed by atoms with E-state index in [0.717, 1.165) is 0 Å². The SMILES string of the molecule is O=S([O-])c1ccoc1. The zero-order chi connectivity index (χ0) is 5.98. The van der Waals surface area contributed by atoms with Crippen molar-refractivity contribution in [2.45, 2.75) is 4.90 Å². The lowest BCUT2D eigenvalue weighted by Gasteiger charge is -1.96. The van der Waals surface area contributed by atoms with Crippen molar-refractivity contribution in [3.8, 4) is 0 Å². The third-order valence-corrected chi connectivity index (χ3v) is 1.30. The van der Waals surface area contributed by atoms with Crippen LogP contribution in [0.5, 0.6) is 0 Å². The Bertz CT molecular complexity index is 179. The molecule has 0 bridgehead atoms. The van der Waals surface area contributed by atoms with E-state index in [4.69, 9.17) is 0 Å². The number of furan rings is 1. The van der Waals surface area contributed by atoms with E-state index in [0.29, 0.717) is 0 Å². The third kappa shape index (κ3) is 0.962. The molecule has 44 valence electrons. The Balaban J connectivity index is 2.93. The fraction of sp³-hybridized carbons (Fsp3) is 0. The fourth-order valence-electron chi connectivity index (χ4n) is 0.347. The van der Waals surface area contributed by atoms with Crippen LogP contribution in [0.3, 0.4) is 0 Å². The van der Waals surface area contributed by atoms with Gasteiger partial charge >= 0.3 is 0 Å².